The minimum Gasteiger partial charge on any atom is -0.462 e. The number of hydrogen-bond acceptors (Lipinski definition) is 6. The van der Waals surface area contributed by atoms with Gasteiger partial charge in [-0.2, -0.15) is 0 Å². The fourth-order valence-corrected chi connectivity index (χ4v) is 9.54. The van der Waals surface area contributed by atoms with Crippen LogP contribution in [0.3, 0.4) is 0 Å². The van der Waals surface area contributed by atoms with Gasteiger partial charge in [-0.1, -0.05) is 318 Å². The summed E-state index contributed by atoms with van der Waals surface area (Å²) in [5.41, 5.74) is 0. The molecule has 1 atom stereocenters. The third kappa shape index (κ3) is 61.7. The summed E-state index contributed by atoms with van der Waals surface area (Å²) in [6.45, 7) is 6.44. The lowest BCUT2D eigenvalue weighted by Gasteiger charge is -2.18. The van der Waals surface area contributed by atoms with E-state index >= 15 is 0 Å². The molecular weight excluding hydrogens is 937 g/mol. The van der Waals surface area contributed by atoms with Crippen LogP contribution in [0, 0.1) is 0 Å². The Morgan fingerprint density at radius 1 is 0.276 bits per heavy atom. The maximum Gasteiger partial charge on any atom is 0.306 e. The molecule has 440 valence electrons. The van der Waals surface area contributed by atoms with E-state index in [1.54, 1.807) is 0 Å². The van der Waals surface area contributed by atoms with Crippen molar-refractivity contribution in [2.75, 3.05) is 13.2 Å². The molecule has 0 aliphatic carbocycles. The Labute approximate surface area is 472 Å². The Morgan fingerprint density at radius 2 is 0.553 bits per heavy atom. The van der Waals surface area contributed by atoms with Crippen molar-refractivity contribution in [3.63, 3.8) is 0 Å². The van der Waals surface area contributed by atoms with Crippen LogP contribution in [0.4, 0.5) is 0 Å². The van der Waals surface area contributed by atoms with Crippen LogP contribution in [0.15, 0.2) is 72.9 Å². The molecule has 1 unspecified atom stereocenters. The highest BCUT2D eigenvalue weighted by Crippen LogP contribution is 2.18. The molecule has 0 spiro atoms. The first-order chi connectivity index (χ1) is 37.5. The molecule has 0 fully saturated rings. The van der Waals surface area contributed by atoms with Crippen molar-refractivity contribution >= 4 is 17.9 Å². The molecule has 0 radical (unpaired) electrons. The van der Waals surface area contributed by atoms with Gasteiger partial charge in [-0.15, -0.1) is 0 Å². The molecule has 0 bridgehead atoms. The Hall–Kier alpha value is -3.15. The lowest BCUT2D eigenvalue weighted by molar-refractivity contribution is -0.166. The molecule has 0 saturated carbocycles. The van der Waals surface area contributed by atoms with E-state index in [4.69, 9.17) is 14.2 Å². The molecular formula is C70H124O6. The SMILES string of the molecule is CC/C=C\C/C=C\C/C=C\C/C=C\CCC(=O)OCC(COC(=O)CCCCCCCCCCCCCCCCCCCCCCCCCCCCCCCCC)OC(=O)CCCCCCC/C=C\C/C=C\CCCC. The van der Waals surface area contributed by atoms with Gasteiger partial charge in [0.15, 0.2) is 6.10 Å². The van der Waals surface area contributed by atoms with Crippen molar-refractivity contribution in [3.8, 4) is 0 Å². The Morgan fingerprint density at radius 3 is 0.921 bits per heavy atom. The van der Waals surface area contributed by atoms with Crippen LogP contribution < -0.4 is 0 Å². The summed E-state index contributed by atoms with van der Waals surface area (Å²) >= 11 is 0. The van der Waals surface area contributed by atoms with Gasteiger partial charge in [0.2, 0.25) is 0 Å². The molecule has 0 N–H and O–H groups in total. The highest BCUT2D eigenvalue weighted by Gasteiger charge is 2.19. The van der Waals surface area contributed by atoms with E-state index < -0.39 is 6.10 Å². The van der Waals surface area contributed by atoms with Crippen molar-refractivity contribution in [2.45, 2.75) is 341 Å². The maximum atomic E-state index is 12.8. The first-order valence-electron chi connectivity index (χ1n) is 32.9. The molecule has 0 aromatic rings. The largest absolute Gasteiger partial charge is 0.462 e. The first-order valence-corrected chi connectivity index (χ1v) is 32.9. The normalized spacial score (nSPS) is 12.5. The van der Waals surface area contributed by atoms with E-state index in [1.807, 2.05) is 6.08 Å². The summed E-state index contributed by atoms with van der Waals surface area (Å²) in [7, 11) is 0. The minimum absolute atomic E-state index is 0.101. The van der Waals surface area contributed by atoms with Crippen molar-refractivity contribution in [1.82, 2.24) is 0 Å². The Balaban J connectivity index is 4.15. The Bertz CT molecular complexity index is 1400. The quantitative estimate of drug-likeness (QED) is 0.0261. The van der Waals surface area contributed by atoms with E-state index in [-0.39, 0.29) is 37.5 Å². The van der Waals surface area contributed by atoms with Gasteiger partial charge in [-0.25, -0.2) is 0 Å². The standard InChI is InChI=1S/C70H124O6/c1-4-7-10-13-16-19-22-25-27-28-29-30-31-32-33-34-35-36-37-38-39-40-41-42-43-46-48-51-54-57-60-63-69(72)75-66-67(65-74-68(71)62-59-56-53-50-47-44-24-21-18-15-12-9-6-3)76-70(73)64-61-58-55-52-49-45-26-23-20-17-14-11-8-5-2/h9,12,14,17-18,21,23,26,44,47,53,56,67H,4-8,10-11,13,15-16,19-20,22,24-25,27-43,45-46,48-52,54-55,57-66H2,1-3H3/b12-9-,17-14-,21-18-,26-23-,47-44-,56-53-. The molecule has 0 rings (SSSR count). The molecule has 0 aromatic carbocycles. The highest BCUT2D eigenvalue weighted by atomic mass is 16.6. The van der Waals surface area contributed by atoms with Crippen molar-refractivity contribution < 1.29 is 28.6 Å². The highest BCUT2D eigenvalue weighted by molar-refractivity contribution is 5.71. The van der Waals surface area contributed by atoms with E-state index in [2.05, 4.69) is 87.6 Å². The monoisotopic (exact) mass is 1060 g/mol. The molecule has 0 saturated heterocycles. The molecule has 0 aliphatic heterocycles. The number of carbonyl (C=O) groups is 3. The lowest BCUT2D eigenvalue weighted by Crippen LogP contribution is -2.30. The zero-order valence-corrected chi connectivity index (χ0v) is 50.5. The van der Waals surface area contributed by atoms with E-state index in [0.29, 0.717) is 19.3 Å². The van der Waals surface area contributed by atoms with Crippen molar-refractivity contribution in [3.05, 3.63) is 72.9 Å². The van der Waals surface area contributed by atoms with E-state index in [0.717, 1.165) is 89.9 Å². The third-order valence-electron chi connectivity index (χ3n) is 14.5. The van der Waals surface area contributed by atoms with Gasteiger partial charge in [0, 0.05) is 19.3 Å². The van der Waals surface area contributed by atoms with E-state index in [9.17, 15) is 14.4 Å². The minimum atomic E-state index is -0.811. The van der Waals surface area contributed by atoms with Crippen LogP contribution >= 0.6 is 0 Å². The summed E-state index contributed by atoms with van der Waals surface area (Å²) in [6.07, 6.45) is 83.9. The van der Waals surface area contributed by atoms with Crippen LogP contribution in [-0.4, -0.2) is 37.2 Å². The van der Waals surface area contributed by atoms with Crippen LogP contribution in [0.5, 0.6) is 0 Å². The average Bonchev–Trinajstić information content (AvgIpc) is 3.42. The molecule has 0 amide bonds. The molecule has 6 heteroatoms. The smallest absolute Gasteiger partial charge is 0.306 e. The van der Waals surface area contributed by atoms with Gasteiger partial charge in [-0.05, 0) is 70.6 Å². The van der Waals surface area contributed by atoms with Crippen LogP contribution in [0.2, 0.25) is 0 Å². The molecule has 76 heavy (non-hydrogen) atoms. The average molecular weight is 1060 g/mol. The second-order valence-electron chi connectivity index (χ2n) is 22.0. The summed E-state index contributed by atoms with van der Waals surface area (Å²) in [4.78, 5) is 38.2. The summed E-state index contributed by atoms with van der Waals surface area (Å²) < 4.78 is 16.8. The van der Waals surface area contributed by atoms with Gasteiger partial charge in [0.25, 0.3) is 0 Å². The number of allylic oxidation sites excluding steroid dienone is 12. The second-order valence-corrected chi connectivity index (χ2v) is 22.0. The van der Waals surface area contributed by atoms with Gasteiger partial charge in [0.1, 0.15) is 13.2 Å². The topological polar surface area (TPSA) is 78.9 Å². The first kappa shape index (κ1) is 72.8. The molecule has 0 aliphatic rings. The maximum absolute atomic E-state index is 12.8. The summed E-state index contributed by atoms with van der Waals surface area (Å²) in [6, 6.07) is 0. The van der Waals surface area contributed by atoms with Crippen molar-refractivity contribution in [2.24, 2.45) is 0 Å². The number of esters is 3. The number of ether oxygens (including phenoxy) is 3. The van der Waals surface area contributed by atoms with Crippen LogP contribution in [0.25, 0.3) is 0 Å². The fraction of sp³-hybridized carbons (Fsp3) is 0.786. The van der Waals surface area contributed by atoms with Gasteiger partial charge in [0.05, 0.1) is 0 Å². The predicted molar refractivity (Wildman–Crippen MR) is 330 cm³/mol. The van der Waals surface area contributed by atoms with Gasteiger partial charge < -0.3 is 14.2 Å². The van der Waals surface area contributed by atoms with Crippen LogP contribution in [-0.2, 0) is 28.6 Å². The van der Waals surface area contributed by atoms with Crippen molar-refractivity contribution in [1.29, 1.82) is 0 Å². The zero-order chi connectivity index (χ0) is 55.0. The van der Waals surface area contributed by atoms with E-state index in [1.165, 1.54) is 199 Å². The fourth-order valence-electron chi connectivity index (χ4n) is 9.54. The number of carbonyl (C=O) groups excluding carboxylic acids is 3. The predicted octanol–water partition coefficient (Wildman–Crippen LogP) is 22.5. The van der Waals surface area contributed by atoms with Gasteiger partial charge in [-0.3, -0.25) is 14.4 Å². The van der Waals surface area contributed by atoms with Gasteiger partial charge >= 0.3 is 17.9 Å². The third-order valence-corrected chi connectivity index (χ3v) is 14.5. The summed E-state index contributed by atoms with van der Waals surface area (Å²) in [5.74, 6) is -0.988. The number of hydrogen-bond donors (Lipinski definition) is 0. The lowest BCUT2D eigenvalue weighted by atomic mass is 10.0. The molecule has 6 nitrogen and oxygen atoms in total. The molecule has 0 aromatic heterocycles. The second kappa shape index (κ2) is 64.4. The Kier molecular flexibility index (Phi) is 61.7. The molecule has 0 heterocycles. The number of unbranched alkanes of at least 4 members (excludes halogenated alkanes) is 37. The summed E-state index contributed by atoms with van der Waals surface area (Å²) in [5, 5.41) is 0. The number of rotatable bonds is 60. The zero-order valence-electron chi connectivity index (χ0n) is 50.5. The van der Waals surface area contributed by atoms with Crippen LogP contribution in [0.1, 0.15) is 335 Å².